The maximum Gasteiger partial charge on any atom is 0.328 e. The van der Waals surface area contributed by atoms with Crippen molar-refractivity contribution in [3.05, 3.63) is 71.8 Å². The van der Waals surface area contributed by atoms with Crippen LogP contribution < -0.4 is 15.4 Å². The number of ether oxygens (including phenoxy) is 2. The molecule has 0 spiro atoms. The Morgan fingerprint density at radius 2 is 1.63 bits per heavy atom. The first-order valence-electron chi connectivity index (χ1n) is 9.52. The predicted octanol–water partition coefficient (Wildman–Crippen LogP) is 2.63. The molecule has 2 N–H and O–H groups in total. The fourth-order valence-electron chi connectivity index (χ4n) is 2.58. The molecule has 0 saturated carbocycles. The first-order chi connectivity index (χ1) is 14.4. The monoisotopic (exact) mass is 410 g/mol. The summed E-state index contributed by atoms with van der Waals surface area (Å²) in [6.45, 7) is 2.91. The van der Waals surface area contributed by atoms with Crippen LogP contribution in [0.2, 0.25) is 0 Å². The molecule has 0 aromatic heterocycles. The van der Waals surface area contributed by atoms with Gasteiger partial charge in [0.2, 0.25) is 5.91 Å². The summed E-state index contributed by atoms with van der Waals surface area (Å²) in [5.74, 6) is -0.839. The lowest BCUT2D eigenvalue weighted by Gasteiger charge is -2.15. The Morgan fingerprint density at radius 1 is 0.967 bits per heavy atom. The molecule has 2 amide bonds. The number of carbonyl (C=O) groups is 3. The van der Waals surface area contributed by atoms with Crippen molar-refractivity contribution in [1.82, 2.24) is 10.6 Å². The van der Waals surface area contributed by atoms with Crippen LogP contribution in [0.25, 0.3) is 6.08 Å². The highest BCUT2D eigenvalue weighted by atomic mass is 16.5. The quantitative estimate of drug-likeness (QED) is 0.490. The molecule has 2 aromatic carbocycles. The van der Waals surface area contributed by atoms with Crippen LogP contribution in [0.3, 0.4) is 0 Å². The molecule has 0 heterocycles. The fourth-order valence-corrected chi connectivity index (χ4v) is 2.58. The lowest BCUT2D eigenvalue weighted by Crippen LogP contribution is -2.40. The second-order valence-electron chi connectivity index (χ2n) is 6.64. The zero-order chi connectivity index (χ0) is 21.9. The summed E-state index contributed by atoms with van der Waals surface area (Å²) < 4.78 is 10.1. The first-order valence-corrected chi connectivity index (χ1v) is 9.52. The SMILES string of the molecule is COc1ccc(/C=C/C(=O)N[C@@H](C)C(=O)OCC(=O)N[C@@H](C)c2ccccc2)cc1. The summed E-state index contributed by atoms with van der Waals surface area (Å²) in [6, 6.07) is 15.5. The molecule has 0 radical (unpaired) electrons. The van der Waals surface area contributed by atoms with Gasteiger partial charge in [0.05, 0.1) is 13.2 Å². The third-order valence-corrected chi connectivity index (χ3v) is 4.28. The number of carbonyl (C=O) groups excluding carboxylic acids is 3. The summed E-state index contributed by atoms with van der Waals surface area (Å²) in [7, 11) is 1.58. The second kappa shape index (κ2) is 11.4. The largest absolute Gasteiger partial charge is 0.497 e. The normalized spacial score (nSPS) is 12.6. The summed E-state index contributed by atoms with van der Waals surface area (Å²) in [5.41, 5.74) is 1.76. The molecule has 0 aliphatic heterocycles. The van der Waals surface area contributed by atoms with Crippen LogP contribution in [0.1, 0.15) is 31.0 Å². The third-order valence-electron chi connectivity index (χ3n) is 4.28. The van der Waals surface area contributed by atoms with Crippen LogP contribution in [0, 0.1) is 0 Å². The Labute approximate surface area is 176 Å². The number of rotatable bonds is 9. The fraction of sp³-hybridized carbons (Fsp3) is 0.261. The van der Waals surface area contributed by atoms with Crippen molar-refractivity contribution in [3.63, 3.8) is 0 Å². The van der Waals surface area contributed by atoms with E-state index >= 15 is 0 Å². The van der Waals surface area contributed by atoms with Crippen LogP contribution in [0.15, 0.2) is 60.7 Å². The van der Waals surface area contributed by atoms with Gasteiger partial charge in [-0.25, -0.2) is 4.79 Å². The Balaban J connectivity index is 1.74. The van der Waals surface area contributed by atoms with Gasteiger partial charge in [0.1, 0.15) is 11.8 Å². The molecule has 0 aliphatic rings. The first kappa shape index (κ1) is 22.7. The van der Waals surface area contributed by atoms with E-state index in [2.05, 4.69) is 10.6 Å². The molecule has 158 valence electrons. The van der Waals surface area contributed by atoms with Gasteiger partial charge in [-0.1, -0.05) is 42.5 Å². The highest BCUT2D eigenvalue weighted by Gasteiger charge is 2.18. The zero-order valence-corrected chi connectivity index (χ0v) is 17.3. The van der Waals surface area contributed by atoms with Crippen molar-refractivity contribution in [3.8, 4) is 5.75 Å². The van der Waals surface area contributed by atoms with Crippen molar-refractivity contribution < 1.29 is 23.9 Å². The van der Waals surface area contributed by atoms with E-state index < -0.39 is 30.4 Å². The maximum absolute atomic E-state index is 12.0. The lowest BCUT2D eigenvalue weighted by molar-refractivity contribution is -0.151. The van der Waals surface area contributed by atoms with Crippen molar-refractivity contribution in [2.45, 2.75) is 25.9 Å². The van der Waals surface area contributed by atoms with Crippen LogP contribution in [0.4, 0.5) is 0 Å². The van der Waals surface area contributed by atoms with Gasteiger partial charge in [0, 0.05) is 6.08 Å². The van der Waals surface area contributed by atoms with Crippen LogP contribution >= 0.6 is 0 Å². The molecule has 0 fully saturated rings. The summed E-state index contributed by atoms with van der Waals surface area (Å²) in [6.07, 6.45) is 2.94. The third kappa shape index (κ3) is 7.43. The molecule has 2 rings (SSSR count). The Hall–Kier alpha value is -3.61. The average Bonchev–Trinajstić information content (AvgIpc) is 2.76. The summed E-state index contributed by atoms with van der Waals surface area (Å²) in [4.78, 5) is 36.0. The highest BCUT2D eigenvalue weighted by molar-refractivity contribution is 5.94. The number of amides is 2. The van der Waals surface area contributed by atoms with E-state index in [1.165, 1.54) is 13.0 Å². The van der Waals surface area contributed by atoms with Gasteiger partial charge in [-0.2, -0.15) is 0 Å². The van der Waals surface area contributed by atoms with E-state index in [1.807, 2.05) is 37.3 Å². The average molecular weight is 410 g/mol. The Morgan fingerprint density at radius 3 is 2.27 bits per heavy atom. The molecular weight excluding hydrogens is 384 g/mol. The van der Waals surface area contributed by atoms with Gasteiger partial charge in [-0.15, -0.1) is 0 Å². The van der Waals surface area contributed by atoms with E-state index in [1.54, 1.807) is 37.5 Å². The lowest BCUT2D eigenvalue weighted by atomic mass is 10.1. The molecule has 0 bridgehead atoms. The van der Waals surface area contributed by atoms with E-state index in [0.717, 1.165) is 16.9 Å². The molecule has 7 heteroatoms. The number of nitrogens with one attached hydrogen (secondary N) is 2. The highest BCUT2D eigenvalue weighted by Crippen LogP contribution is 2.12. The molecule has 0 saturated heterocycles. The molecule has 30 heavy (non-hydrogen) atoms. The number of methoxy groups -OCH3 is 1. The Bertz CT molecular complexity index is 878. The second-order valence-corrected chi connectivity index (χ2v) is 6.64. The topological polar surface area (TPSA) is 93.7 Å². The number of benzene rings is 2. The minimum Gasteiger partial charge on any atom is -0.497 e. The zero-order valence-electron chi connectivity index (χ0n) is 17.3. The van der Waals surface area contributed by atoms with Crippen molar-refractivity contribution in [1.29, 1.82) is 0 Å². The molecule has 0 unspecified atom stereocenters. The van der Waals surface area contributed by atoms with Gasteiger partial charge in [-0.3, -0.25) is 9.59 Å². The van der Waals surface area contributed by atoms with Crippen LogP contribution in [0.5, 0.6) is 5.75 Å². The van der Waals surface area contributed by atoms with Crippen molar-refractivity contribution in [2.24, 2.45) is 0 Å². The number of esters is 1. The van der Waals surface area contributed by atoms with Gasteiger partial charge in [-0.05, 0) is 43.2 Å². The van der Waals surface area contributed by atoms with E-state index in [4.69, 9.17) is 9.47 Å². The van der Waals surface area contributed by atoms with Crippen molar-refractivity contribution in [2.75, 3.05) is 13.7 Å². The summed E-state index contributed by atoms with van der Waals surface area (Å²) >= 11 is 0. The van der Waals surface area contributed by atoms with Crippen LogP contribution in [-0.4, -0.2) is 37.5 Å². The molecule has 0 aliphatic carbocycles. The maximum atomic E-state index is 12.0. The van der Waals surface area contributed by atoms with E-state index in [9.17, 15) is 14.4 Å². The number of hydrogen-bond acceptors (Lipinski definition) is 5. The molecule has 2 aromatic rings. The van der Waals surface area contributed by atoms with Gasteiger partial charge < -0.3 is 20.1 Å². The van der Waals surface area contributed by atoms with Gasteiger partial charge >= 0.3 is 5.97 Å². The van der Waals surface area contributed by atoms with Crippen LogP contribution in [-0.2, 0) is 19.1 Å². The number of hydrogen-bond donors (Lipinski definition) is 2. The predicted molar refractivity (Wildman–Crippen MR) is 114 cm³/mol. The molecule has 2 atom stereocenters. The minimum absolute atomic E-state index is 0.211. The van der Waals surface area contributed by atoms with E-state index in [0.29, 0.717) is 0 Å². The van der Waals surface area contributed by atoms with Gasteiger partial charge in [0.15, 0.2) is 6.61 Å². The smallest absolute Gasteiger partial charge is 0.328 e. The van der Waals surface area contributed by atoms with Crippen molar-refractivity contribution >= 4 is 23.9 Å². The van der Waals surface area contributed by atoms with E-state index in [-0.39, 0.29) is 6.04 Å². The van der Waals surface area contributed by atoms with Gasteiger partial charge in [0.25, 0.3) is 5.91 Å². The minimum atomic E-state index is -0.891. The summed E-state index contributed by atoms with van der Waals surface area (Å²) in [5, 5.41) is 5.26. The molecule has 7 nitrogen and oxygen atoms in total. The standard InChI is InChI=1S/C23H26N2O5/c1-16(19-7-5-4-6-8-19)24-22(27)15-30-23(28)17(2)25-21(26)14-11-18-9-12-20(29-3)13-10-18/h4-14,16-17H,15H2,1-3H3,(H,24,27)(H,25,26)/b14-11+/t16-,17-/m0/s1. The molecular formula is C23H26N2O5. The Kier molecular flexibility index (Phi) is 8.62.